The molecule has 2 saturated heterocycles. The Kier molecular flexibility index (Phi) is 5.85. The average molecular weight is 447 g/mol. The maximum Gasteiger partial charge on any atom is 0.228 e. The van der Waals surface area contributed by atoms with Crippen LogP contribution < -0.4 is 4.90 Å². The minimum Gasteiger partial charge on any atom is -0.342 e. The molecule has 2 unspecified atom stereocenters. The predicted octanol–water partition coefficient (Wildman–Crippen LogP) is 2.67. The van der Waals surface area contributed by atoms with E-state index >= 15 is 0 Å². The van der Waals surface area contributed by atoms with Crippen LogP contribution in [-0.2, 0) is 16.0 Å². The van der Waals surface area contributed by atoms with Crippen molar-refractivity contribution in [2.75, 3.05) is 24.5 Å². The zero-order chi connectivity index (χ0) is 22.8. The number of anilines is 1. The number of benzene rings is 1. The van der Waals surface area contributed by atoms with Crippen molar-refractivity contribution >= 4 is 17.5 Å². The fourth-order valence-electron chi connectivity index (χ4n) is 4.64. The van der Waals surface area contributed by atoms with Gasteiger partial charge in [-0.05, 0) is 37.8 Å². The average Bonchev–Trinajstić information content (AvgIpc) is 3.47. The minimum atomic E-state index is -0.302. The number of rotatable bonds is 5. The van der Waals surface area contributed by atoms with Gasteiger partial charge in [-0.15, -0.1) is 0 Å². The second-order valence-corrected chi connectivity index (χ2v) is 8.84. The van der Waals surface area contributed by atoms with Crippen molar-refractivity contribution in [1.82, 2.24) is 25.0 Å². The largest absolute Gasteiger partial charge is 0.342 e. The number of nitrogens with zero attached hydrogens (tertiary/aromatic N) is 6. The molecule has 2 atom stereocenters. The molecule has 0 bridgehead atoms. The molecule has 2 fully saturated rings. The molecule has 4 heterocycles. The molecule has 2 amide bonds. The molecule has 2 aliphatic heterocycles. The van der Waals surface area contributed by atoms with Crippen LogP contribution in [0.3, 0.4) is 0 Å². The summed E-state index contributed by atoms with van der Waals surface area (Å²) in [7, 11) is 0. The first-order valence-corrected chi connectivity index (χ1v) is 11.3. The minimum absolute atomic E-state index is 0.00756. The molecule has 33 heavy (non-hydrogen) atoms. The molecular formula is C24H26N6O3. The van der Waals surface area contributed by atoms with E-state index in [-0.39, 0.29) is 30.1 Å². The van der Waals surface area contributed by atoms with Gasteiger partial charge in [0.05, 0.1) is 12.1 Å². The third-order valence-electron chi connectivity index (χ3n) is 6.37. The van der Waals surface area contributed by atoms with Gasteiger partial charge in [-0.1, -0.05) is 22.9 Å². The Morgan fingerprint density at radius 3 is 2.82 bits per heavy atom. The van der Waals surface area contributed by atoms with Crippen molar-refractivity contribution in [2.45, 2.75) is 32.6 Å². The summed E-state index contributed by atoms with van der Waals surface area (Å²) >= 11 is 0. The lowest BCUT2D eigenvalue weighted by molar-refractivity contribution is -0.137. The Hall–Kier alpha value is -3.62. The number of piperidine rings is 1. The van der Waals surface area contributed by atoms with Crippen molar-refractivity contribution in [3.8, 4) is 11.5 Å². The summed E-state index contributed by atoms with van der Waals surface area (Å²) in [5.74, 6) is 0.966. The first-order valence-electron chi connectivity index (χ1n) is 11.3. The monoisotopic (exact) mass is 446 g/mol. The Morgan fingerprint density at radius 2 is 2.03 bits per heavy atom. The van der Waals surface area contributed by atoms with E-state index in [9.17, 15) is 9.59 Å². The summed E-state index contributed by atoms with van der Waals surface area (Å²) in [6.45, 7) is 3.81. The molecule has 0 N–H and O–H groups in total. The summed E-state index contributed by atoms with van der Waals surface area (Å²) in [6, 6.07) is 7.86. The number of amides is 2. The fourth-order valence-corrected chi connectivity index (χ4v) is 4.64. The molecule has 0 spiro atoms. The molecule has 0 aliphatic carbocycles. The summed E-state index contributed by atoms with van der Waals surface area (Å²) in [5.41, 5.74) is 2.56. The van der Waals surface area contributed by atoms with Crippen LogP contribution >= 0.6 is 0 Å². The lowest BCUT2D eigenvalue weighted by Crippen LogP contribution is -2.44. The zero-order valence-electron chi connectivity index (χ0n) is 18.6. The zero-order valence-corrected chi connectivity index (χ0v) is 18.6. The van der Waals surface area contributed by atoms with E-state index in [1.807, 2.05) is 36.1 Å². The number of carbonyl (C=O) groups excluding carboxylic acids is 2. The van der Waals surface area contributed by atoms with Gasteiger partial charge >= 0.3 is 0 Å². The number of carbonyl (C=O) groups is 2. The molecular weight excluding hydrogens is 420 g/mol. The lowest BCUT2D eigenvalue weighted by atomic mass is 9.93. The van der Waals surface area contributed by atoms with Crippen LogP contribution in [0, 0.1) is 18.8 Å². The van der Waals surface area contributed by atoms with Gasteiger partial charge in [0, 0.05) is 50.6 Å². The quantitative estimate of drug-likeness (QED) is 0.593. The van der Waals surface area contributed by atoms with Gasteiger partial charge in [-0.25, -0.2) is 4.98 Å². The maximum atomic E-state index is 13.2. The molecule has 1 aromatic carbocycles. The molecule has 2 aliphatic rings. The maximum absolute atomic E-state index is 13.2. The van der Waals surface area contributed by atoms with Gasteiger partial charge in [0.1, 0.15) is 5.69 Å². The fraction of sp³-hybridized carbons (Fsp3) is 0.417. The van der Waals surface area contributed by atoms with E-state index in [2.05, 4.69) is 20.1 Å². The summed E-state index contributed by atoms with van der Waals surface area (Å²) in [5, 5.41) is 4.01. The van der Waals surface area contributed by atoms with Crippen molar-refractivity contribution in [3.63, 3.8) is 0 Å². The summed E-state index contributed by atoms with van der Waals surface area (Å²) in [6.07, 6.45) is 7.56. The Bertz CT molecular complexity index is 1130. The number of likely N-dealkylation sites (tertiary alicyclic amines) is 1. The van der Waals surface area contributed by atoms with E-state index < -0.39 is 0 Å². The molecule has 3 aromatic rings. The molecule has 5 rings (SSSR count). The van der Waals surface area contributed by atoms with Crippen LogP contribution in [0.25, 0.3) is 11.5 Å². The molecule has 170 valence electrons. The van der Waals surface area contributed by atoms with E-state index in [1.165, 1.54) is 0 Å². The third-order valence-corrected chi connectivity index (χ3v) is 6.37. The highest BCUT2D eigenvalue weighted by molar-refractivity contribution is 6.00. The number of aryl methyl sites for hydroxylation is 1. The SMILES string of the molecule is Cc1ccc(N2CC(C(=O)N3CCCC(Cc4nc(-c5cnccn5)no4)C3)CC2=O)cc1. The van der Waals surface area contributed by atoms with E-state index in [0.717, 1.165) is 30.6 Å². The van der Waals surface area contributed by atoms with E-state index in [0.29, 0.717) is 36.9 Å². The number of hydrogen-bond acceptors (Lipinski definition) is 7. The Morgan fingerprint density at radius 1 is 1.18 bits per heavy atom. The topological polar surface area (TPSA) is 105 Å². The van der Waals surface area contributed by atoms with Crippen LogP contribution in [0.4, 0.5) is 5.69 Å². The Labute approximate surface area is 191 Å². The van der Waals surface area contributed by atoms with Crippen molar-refractivity contribution in [3.05, 3.63) is 54.3 Å². The first kappa shape index (κ1) is 21.2. The molecule has 0 radical (unpaired) electrons. The summed E-state index contributed by atoms with van der Waals surface area (Å²) < 4.78 is 5.42. The van der Waals surface area contributed by atoms with Gasteiger partial charge in [-0.2, -0.15) is 4.98 Å². The Balaban J connectivity index is 1.20. The van der Waals surface area contributed by atoms with Crippen LogP contribution in [0.1, 0.15) is 30.7 Å². The van der Waals surface area contributed by atoms with Crippen molar-refractivity contribution in [1.29, 1.82) is 0 Å². The van der Waals surface area contributed by atoms with Gasteiger partial charge in [0.2, 0.25) is 23.5 Å². The van der Waals surface area contributed by atoms with Crippen LogP contribution in [0.2, 0.25) is 0 Å². The second-order valence-electron chi connectivity index (χ2n) is 8.84. The van der Waals surface area contributed by atoms with Crippen LogP contribution in [-0.4, -0.2) is 56.5 Å². The highest BCUT2D eigenvalue weighted by Gasteiger charge is 2.38. The number of hydrogen-bond donors (Lipinski definition) is 0. The lowest BCUT2D eigenvalue weighted by Gasteiger charge is -2.33. The van der Waals surface area contributed by atoms with Gasteiger partial charge in [0.25, 0.3) is 0 Å². The van der Waals surface area contributed by atoms with E-state index in [1.54, 1.807) is 23.5 Å². The molecule has 9 nitrogen and oxygen atoms in total. The van der Waals surface area contributed by atoms with E-state index in [4.69, 9.17) is 4.52 Å². The standard InChI is InChI=1S/C24H26N6O3/c1-16-4-6-19(7-5-16)30-15-18(12-22(30)31)24(32)29-10-2-3-17(14-29)11-21-27-23(28-33-21)20-13-25-8-9-26-20/h4-9,13,17-18H,2-3,10-12,14-15H2,1H3. The highest BCUT2D eigenvalue weighted by atomic mass is 16.5. The highest BCUT2D eigenvalue weighted by Crippen LogP contribution is 2.29. The van der Waals surface area contributed by atoms with Crippen molar-refractivity contribution < 1.29 is 14.1 Å². The molecule has 0 saturated carbocycles. The van der Waals surface area contributed by atoms with Gasteiger partial charge in [-0.3, -0.25) is 14.6 Å². The van der Waals surface area contributed by atoms with Gasteiger partial charge < -0.3 is 14.3 Å². The number of aromatic nitrogens is 4. The summed E-state index contributed by atoms with van der Waals surface area (Å²) in [4.78, 5) is 42.2. The van der Waals surface area contributed by atoms with Crippen molar-refractivity contribution in [2.24, 2.45) is 11.8 Å². The van der Waals surface area contributed by atoms with Crippen LogP contribution in [0.15, 0.2) is 47.4 Å². The van der Waals surface area contributed by atoms with Crippen LogP contribution in [0.5, 0.6) is 0 Å². The third kappa shape index (κ3) is 4.62. The normalized spacial score (nSPS) is 20.9. The predicted molar refractivity (Wildman–Crippen MR) is 120 cm³/mol. The molecule has 2 aromatic heterocycles. The molecule has 9 heteroatoms. The second kappa shape index (κ2) is 9.09. The smallest absolute Gasteiger partial charge is 0.228 e. The first-order chi connectivity index (χ1) is 16.1. The van der Waals surface area contributed by atoms with Gasteiger partial charge in [0.15, 0.2) is 0 Å².